The van der Waals surface area contributed by atoms with Crippen molar-refractivity contribution < 1.29 is 9.90 Å². The number of nitrogens with one attached hydrogen (secondary N) is 1. The molecule has 1 aliphatic heterocycles. The quantitative estimate of drug-likeness (QED) is 0.851. The molecular formula is C14H15N3O2. The monoisotopic (exact) mass is 257 g/mol. The minimum Gasteiger partial charge on any atom is -0.391 e. The zero-order valence-electron chi connectivity index (χ0n) is 10.4. The van der Waals surface area contributed by atoms with Gasteiger partial charge >= 0.3 is 0 Å². The van der Waals surface area contributed by atoms with E-state index < -0.39 is 6.10 Å². The van der Waals surface area contributed by atoms with Crippen LogP contribution in [0.3, 0.4) is 0 Å². The molecule has 1 aliphatic rings. The van der Waals surface area contributed by atoms with E-state index in [0.717, 1.165) is 11.3 Å². The fourth-order valence-corrected chi connectivity index (χ4v) is 2.28. The lowest BCUT2D eigenvalue weighted by Gasteiger charge is -2.13. The van der Waals surface area contributed by atoms with Crippen LogP contribution in [-0.4, -0.2) is 45.3 Å². The van der Waals surface area contributed by atoms with Gasteiger partial charge in [0.2, 0.25) is 0 Å². The van der Waals surface area contributed by atoms with E-state index in [2.05, 4.69) is 10.2 Å². The second-order valence-electron chi connectivity index (χ2n) is 4.73. The number of aromatic nitrogens is 2. The first-order chi connectivity index (χ1) is 9.24. The molecule has 5 nitrogen and oxygen atoms in total. The summed E-state index contributed by atoms with van der Waals surface area (Å²) in [5, 5.41) is 16.4. The molecule has 0 unspecified atom stereocenters. The summed E-state index contributed by atoms with van der Waals surface area (Å²) in [7, 11) is 0. The van der Waals surface area contributed by atoms with Crippen molar-refractivity contribution in [3.05, 3.63) is 42.1 Å². The van der Waals surface area contributed by atoms with Crippen molar-refractivity contribution in [1.82, 2.24) is 15.1 Å². The molecule has 2 aromatic rings. The lowest BCUT2D eigenvalue weighted by molar-refractivity contribution is 0.0759. The van der Waals surface area contributed by atoms with Gasteiger partial charge in [-0.2, -0.15) is 5.10 Å². The Morgan fingerprint density at radius 3 is 2.84 bits per heavy atom. The number of hydrogen-bond donors (Lipinski definition) is 2. The number of benzene rings is 1. The molecule has 2 heterocycles. The molecule has 1 atom stereocenters. The lowest BCUT2D eigenvalue weighted by atomic mass is 10.1. The van der Waals surface area contributed by atoms with Crippen LogP contribution in [0.25, 0.3) is 11.3 Å². The summed E-state index contributed by atoms with van der Waals surface area (Å²) in [6.07, 6.45) is 0.242. The van der Waals surface area contributed by atoms with Crippen LogP contribution < -0.4 is 0 Å². The zero-order chi connectivity index (χ0) is 13.2. The van der Waals surface area contributed by atoms with Gasteiger partial charge in [0, 0.05) is 18.7 Å². The molecule has 0 radical (unpaired) electrons. The molecule has 1 aromatic carbocycles. The van der Waals surface area contributed by atoms with Crippen LogP contribution in [-0.2, 0) is 0 Å². The molecule has 1 amide bonds. The number of likely N-dealkylation sites (tertiary alicyclic amines) is 1. The molecule has 2 N–H and O–H groups in total. The number of nitrogens with zero attached hydrogens (tertiary/aromatic N) is 2. The summed E-state index contributed by atoms with van der Waals surface area (Å²) >= 11 is 0. The topological polar surface area (TPSA) is 69.2 Å². The summed E-state index contributed by atoms with van der Waals surface area (Å²) < 4.78 is 0. The summed E-state index contributed by atoms with van der Waals surface area (Å²) in [6, 6.07) is 11.5. The molecule has 98 valence electrons. The van der Waals surface area contributed by atoms with Gasteiger partial charge in [-0.3, -0.25) is 9.89 Å². The van der Waals surface area contributed by atoms with Crippen molar-refractivity contribution in [2.75, 3.05) is 13.1 Å². The predicted octanol–water partition coefficient (Wildman–Crippen LogP) is 1.28. The van der Waals surface area contributed by atoms with Gasteiger partial charge in [-0.25, -0.2) is 0 Å². The van der Waals surface area contributed by atoms with Crippen molar-refractivity contribution in [3.63, 3.8) is 0 Å². The van der Waals surface area contributed by atoms with Crippen molar-refractivity contribution in [2.45, 2.75) is 12.5 Å². The van der Waals surface area contributed by atoms with Crippen LogP contribution in [0.2, 0.25) is 0 Å². The molecule has 0 aliphatic carbocycles. The van der Waals surface area contributed by atoms with E-state index in [4.69, 9.17) is 0 Å². The number of carbonyl (C=O) groups is 1. The summed E-state index contributed by atoms with van der Waals surface area (Å²) in [5.41, 5.74) is 2.19. The van der Waals surface area contributed by atoms with E-state index in [0.29, 0.717) is 25.2 Å². The Bertz CT molecular complexity index is 579. The van der Waals surface area contributed by atoms with Crippen LogP contribution in [0.1, 0.15) is 16.9 Å². The van der Waals surface area contributed by atoms with Crippen molar-refractivity contribution >= 4 is 5.91 Å². The van der Waals surface area contributed by atoms with Gasteiger partial charge in [0.1, 0.15) is 5.69 Å². The Balaban J connectivity index is 1.80. The Kier molecular flexibility index (Phi) is 3.05. The maximum atomic E-state index is 12.2. The average Bonchev–Trinajstić information content (AvgIpc) is 3.08. The molecule has 0 saturated carbocycles. The second-order valence-corrected chi connectivity index (χ2v) is 4.73. The number of hydrogen-bond acceptors (Lipinski definition) is 3. The number of aliphatic hydroxyl groups excluding tert-OH is 1. The molecule has 0 bridgehead atoms. The Hall–Kier alpha value is -2.14. The van der Waals surface area contributed by atoms with Gasteiger partial charge in [0.05, 0.1) is 11.8 Å². The second kappa shape index (κ2) is 4.85. The molecule has 1 aromatic heterocycles. The largest absolute Gasteiger partial charge is 0.391 e. The Labute approximate surface area is 110 Å². The number of β-amino-alcohol motifs (C(OH)–C–C–N with tert-alkyl or cyclic N) is 1. The fraction of sp³-hybridized carbons (Fsp3) is 0.286. The van der Waals surface area contributed by atoms with E-state index in [1.54, 1.807) is 11.0 Å². The van der Waals surface area contributed by atoms with E-state index >= 15 is 0 Å². The predicted molar refractivity (Wildman–Crippen MR) is 70.6 cm³/mol. The van der Waals surface area contributed by atoms with E-state index in [1.165, 1.54) is 0 Å². The average molecular weight is 257 g/mol. The van der Waals surface area contributed by atoms with Crippen LogP contribution in [0.15, 0.2) is 36.4 Å². The van der Waals surface area contributed by atoms with Gasteiger partial charge in [0.15, 0.2) is 0 Å². The van der Waals surface area contributed by atoms with Crippen molar-refractivity contribution in [3.8, 4) is 11.3 Å². The highest BCUT2D eigenvalue weighted by atomic mass is 16.3. The van der Waals surface area contributed by atoms with Gasteiger partial charge in [-0.05, 0) is 12.5 Å². The lowest BCUT2D eigenvalue weighted by Crippen LogP contribution is -2.29. The number of H-pyrrole nitrogens is 1. The highest BCUT2D eigenvalue weighted by Gasteiger charge is 2.26. The molecule has 3 rings (SSSR count). The van der Waals surface area contributed by atoms with E-state index in [1.807, 2.05) is 30.3 Å². The normalized spacial score (nSPS) is 18.8. The standard InChI is InChI=1S/C14H15N3O2/c18-11-6-7-17(9-11)14(19)13-8-12(15-16-13)10-4-2-1-3-5-10/h1-5,8,11,18H,6-7,9H2,(H,15,16)/t11-/m0/s1. The van der Waals surface area contributed by atoms with Crippen LogP contribution in [0.5, 0.6) is 0 Å². The summed E-state index contributed by atoms with van der Waals surface area (Å²) in [4.78, 5) is 13.8. The molecule has 1 fully saturated rings. The molecule has 1 saturated heterocycles. The van der Waals surface area contributed by atoms with Crippen LogP contribution in [0, 0.1) is 0 Å². The first kappa shape index (κ1) is 11.9. The molecule has 5 heteroatoms. The maximum Gasteiger partial charge on any atom is 0.271 e. The zero-order valence-corrected chi connectivity index (χ0v) is 10.4. The minimum atomic E-state index is -0.402. The van der Waals surface area contributed by atoms with Gasteiger partial charge < -0.3 is 10.0 Å². The number of carbonyl (C=O) groups excluding carboxylic acids is 1. The van der Waals surface area contributed by atoms with Crippen molar-refractivity contribution in [2.24, 2.45) is 0 Å². The Morgan fingerprint density at radius 2 is 2.16 bits per heavy atom. The number of aliphatic hydroxyl groups is 1. The van der Waals surface area contributed by atoms with Gasteiger partial charge in [0.25, 0.3) is 5.91 Å². The molecule has 0 spiro atoms. The van der Waals surface area contributed by atoms with Crippen LogP contribution >= 0.6 is 0 Å². The summed E-state index contributed by atoms with van der Waals surface area (Å²) in [6.45, 7) is 0.998. The van der Waals surface area contributed by atoms with E-state index in [-0.39, 0.29) is 5.91 Å². The third kappa shape index (κ3) is 2.37. The van der Waals surface area contributed by atoms with Crippen molar-refractivity contribution in [1.29, 1.82) is 0 Å². The minimum absolute atomic E-state index is 0.105. The maximum absolute atomic E-state index is 12.2. The number of aromatic amines is 1. The summed E-state index contributed by atoms with van der Waals surface area (Å²) in [5.74, 6) is -0.105. The first-order valence-electron chi connectivity index (χ1n) is 6.32. The highest BCUT2D eigenvalue weighted by molar-refractivity contribution is 5.93. The Morgan fingerprint density at radius 1 is 1.37 bits per heavy atom. The third-order valence-electron chi connectivity index (χ3n) is 3.33. The van der Waals surface area contributed by atoms with Crippen LogP contribution in [0.4, 0.5) is 0 Å². The fourth-order valence-electron chi connectivity index (χ4n) is 2.28. The number of rotatable bonds is 2. The third-order valence-corrected chi connectivity index (χ3v) is 3.33. The molecular weight excluding hydrogens is 242 g/mol. The molecule has 19 heavy (non-hydrogen) atoms. The SMILES string of the molecule is O=C(c1cc(-c2ccccc2)n[nH]1)N1CC[C@H](O)C1. The van der Waals surface area contributed by atoms with Gasteiger partial charge in [-0.1, -0.05) is 30.3 Å². The number of amides is 1. The highest BCUT2D eigenvalue weighted by Crippen LogP contribution is 2.19. The smallest absolute Gasteiger partial charge is 0.271 e. The van der Waals surface area contributed by atoms with E-state index in [9.17, 15) is 9.90 Å². The van der Waals surface area contributed by atoms with Gasteiger partial charge in [-0.15, -0.1) is 0 Å². The first-order valence-corrected chi connectivity index (χ1v) is 6.32.